The summed E-state index contributed by atoms with van der Waals surface area (Å²) < 4.78 is 0. The summed E-state index contributed by atoms with van der Waals surface area (Å²) in [5, 5.41) is 0. The lowest BCUT2D eigenvalue weighted by molar-refractivity contribution is 0.316. The minimum absolute atomic E-state index is 0.0166. The molecule has 0 aliphatic rings. The summed E-state index contributed by atoms with van der Waals surface area (Å²) >= 11 is 0. The number of hydrogen-bond acceptors (Lipinski definition) is 2. The first-order valence-electron chi connectivity index (χ1n) is 5.97. The Labute approximate surface area is 89.4 Å². The van der Waals surface area contributed by atoms with Gasteiger partial charge in [0, 0.05) is 5.54 Å². The summed E-state index contributed by atoms with van der Waals surface area (Å²) in [6.07, 6.45) is 7.70. The quantitative estimate of drug-likeness (QED) is 0.592. The van der Waals surface area contributed by atoms with Crippen molar-refractivity contribution >= 4 is 0 Å². The molecule has 1 atom stereocenters. The Morgan fingerprint density at radius 2 is 1.50 bits per heavy atom. The van der Waals surface area contributed by atoms with Gasteiger partial charge < -0.3 is 11.5 Å². The monoisotopic (exact) mass is 200 g/mol. The Kier molecular flexibility index (Phi) is 7.20. The number of unbranched alkanes of at least 4 members (excludes halogenated alkanes) is 4. The zero-order chi connectivity index (χ0) is 11.0. The second-order valence-corrected chi connectivity index (χ2v) is 5.07. The zero-order valence-electron chi connectivity index (χ0n) is 10.2. The molecule has 1 unspecified atom stereocenters. The van der Waals surface area contributed by atoms with Gasteiger partial charge in [-0.3, -0.25) is 0 Å². The van der Waals surface area contributed by atoms with E-state index in [4.69, 9.17) is 11.5 Å². The van der Waals surface area contributed by atoms with Crippen LogP contribution in [0, 0.1) is 5.92 Å². The van der Waals surface area contributed by atoms with Crippen LogP contribution in [0.4, 0.5) is 0 Å². The molecule has 0 rings (SSSR count). The van der Waals surface area contributed by atoms with Crippen molar-refractivity contribution in [3.63, 3.8) is 0 Å². The van der Waals surface area contributed by atoms with Crippen molar-refractivity contribution in [2.45, 2.75) is 64.8 Å². The first-order chi connectivity index (χ1) is 6.48. The fourth-order valence-electron chi connectivity index (χ4n) is 1.50. The zero-order valence-corrected chi connectivity index (χ0v) is 10.2. The molecule has 0 bridgehead atoms. The van der Waals surface area contributed by atoms with Crippen LogP contribution < -0.4 is 11.5 Å². The predicted molar refractivity (Wildman–Crippen MR) is 64.2 cm³/mol. The second-order valence-electron chi connectivity index (χ2n) is 5.07. The van der Waals surface area contributed by atoms with Crippen LogP contribution in [0.5, 0.6) is 0 Å². The van der Waals surface area contributed by atoms with Crippen LogP contribution in [0.25, 0.3) is 0 Å². The van der Waals surface area contributed by atoms with E-state index in [0.717, 1.165) is 6.54 Å². The molecule has 0 amide bonds. The van der Waals surface area contributed by atoms with Gasteiger partial charge in [0.25, 0.3) is 0 Å². The van der Waals surface area contributed by atoms with Gasteiger partial charge in [0.05, 0.1) is 0 Å². The van der Waals surface area contributed by atoms with Crippen molar-refractivity contribution in [2.24, 2.45) is 17.4 Å². The highest BCUT2D eigenvalue weighted by Crippen LogP contribution is 2.20. The van der Waals surface area contributed by atoms with E-state index in [2.05, 4.69) is 20.8 Å². The van der Waals surface area contributed by atoms with E-state index in [9.17, 15) is 0 Å². The molecule has 2 nitrogen and oxygen atoms in total. The number of nitrogens with two attached hydrogens (primary N) is 2. The summed E-state index contributed by atoms with van der Waals surface area (Å²) in [4.78, 5) is 0. The summed E-state index contributed by atoms with van der Waals surface area (Å²) in [5.74, 6) is 0.622. The average molecular weight is 200 g/mol. The maximum atomic E-state index is 6.02. The van der Waals surface area contributed by atoms with Gasteiger partial charge in [-0.05, 0) is 39.2 Å². The molecule has 0 aliphatic heterocycles. The van der Waals surface area contributed by atoms with E-state index < -0.39 is 0 Å². The van der Waals surface area contributed by atoms with Crippen molar-refractivity contribution in [3.8, 4) is 0 Å². The van der Waals surface area contributed by atoms with Gasteiger partial charge in [-0.15, -0.1) is 0 Å². The molecule has 0 spiro atoms. The molecule has 0 aromatic carbocycles. The molecule has 0 saturated heterocycles. The maximum Gasteiger partial charge on any atom is 0.0123 e. The van der Waals surface area contributed by atoms with Crippen molar-refractivity contribution in [2.75, 3.05) is 6.54 Å². The standard InChI is InChI=1S/C12H28N2/c1-11(12(2,3)14)9-7-5-4-6-8-10-13/h11H,4-10,13-14H2,1-3H3. The third-order valence-electron chi connectivity index (χ3n) is 3.11. The molecule has 0 aromatic rings. The van der Waals surface area contributed by atoms with E-state index in [1.54, 1.807) is 0 Å². The third-order valence-corrected chi connectivity index (χ3v) is 3.11. The summed E-state index contributed by atoms with van der Waals surface area (Å²) in [5.41, 5.74) is 11.4. The molecular weight excluding hydrogens is 172 g/mol. The van der Waals surface area contributed by atoms with Gasteiger partial charge in [-0.25, -0.2) is 0 Å². The van der Waals surface area contributed by atoms with Crippen LogP contribution in [0.3, 0.4) is 0 Å². The van der Waals surface area contributed by atoms with Gasteiger partial charge in [0.15, 0.2) is 0 Å². The van der Waals surface area contributed by atoms with Crippen LogP contribution in [-0.4, -0.2) is 12.1 Å². The van der Waals surface area contributed by atoms with Gasteiger partial charge in [0.1, 0.15) is 0 Å². The van der Waals surface area contributed by atoms with E-state index in [1.165, 1.54) is 38.5 Å². The molecule has 0 saturated carbocycles. The Bertz CT molecular complexity index is 127. The molecule has 2 heteroatoms. The fraction of sp³-hybridized carbons (Fsp3) is 1.00. The smallest absolute Gasteiger partial charge is 0.0123 e. The third kappa shape index (κ3) is 7.34. The van der Waals surface area contributed by atoms with Crippen LogP contribution in [0.15, 0.2) is 0 Å². The Morgan fingerprint density at radius 3 is 2.00 bits per heavy atom. The van der Waals surface area contributed by atoms with Gasteiger partial charge in [-0.1, -0.05) is 32.6 Å². The van der Waals surface area contributed by atoms with E-state index in [0.29, 0.717) is 5.92 Å². The van der Waals surface area contributed by atoms with Crippen molar-refractivity contribution in [1.82, 2.24) is 0 Å². The predicted octanol–water partition coefficient (Wildman–Crippen LogP) is 2.66. The molecule has 0 aliphatic carbocycles. The Hall–Kier alpha value is -0.0800. The molecular formula is C12H28N2. The van der Waals surface area contributed by atoms with Crippen molar-refractivity contribution in [1.29, 1.82) is 0 Å². The minimum atomic E-state index is -0.0166. The van der Waals surface area contributed by atoms with Crippen LogP contribution in [0.1, 0.15) is 59.3 Å². The highest BCUT2D eigenvalue weighted by molar-refractivity contribution is 4.78. The SMILES string of the molecule is CC(CCCCCCCN)C(C)(C)N. The van der Waals surface area contributed by atoms with Crippen LogP contribution in [-0.2, 0) is 0 Å². The molecule has 14 heavy (non-hydrogen) atoms. The lowest BCUT2D eigenvalue weighted by Crippen LogP contribution is -2.39. The normalized spacial score (nSPS) is 14.4. The van der Waals surface area contributed by atoms with Gasteiger partial charge >= 0.3 is 0 Å². The van der Waals surface area contributed by atoms with Crippen LogP contribution >= 0.6 is 0 Å². The fourth-order valence-corrected chi connectivity index (χ4v) is 1.50. The summed E-state index contributed by atoms with van der Waals surface area (Å²) in [7, 11) is 0. The van der Waals surface area contributed by atoms with Crippen LogP contribution in [0.2, 0.25) is 0 Å². The van der Waals surface area contributed by atoms with E-state index >= 15 is 0 Å². The highest BCUT2D eigenvalue weighted by Gasteiger charge is 2.19. The topological polar surface area (TPSA) is 52.0 Å². The molecule has 0 fully saturated rings. The Balaban J connectivity index is 3.28. The van der Waals surface area contributed by atoms with E-state index in [1.807, 2.05) is 0 Å². The lowest BCUT2D eigenvalue weighted by Gasteiger charge is -2.27. The summed E-state index contributed by atoms with van der Waals surface area (Å²) in [6.45, 7) is 7.32. The maximum absolute atomic E-state index is 6.02. The minimum Gasteiger partial charge on any atom is -0.330 e. The van der Waals surface area contributed by atoms with E-state index in [-0.39, 0.29) is 5.54 Å². The molecule has 0 heterocycles. The average Bonchev–Trinajstić information content (AvgIpc) is 2.09. The van der Waals surface area contributed by atoms with Gasteiger partial charge in [0.2, 0.25) is 0 Å². The van der Waals surface area contributed by atoms with Crippen molar-refractivity contribution in [3.05, 3.63) is 0 Å². The number of rotatable bonds is 8. The molecule has 0 radical (unpaired) electrons. The molecule has 0 aromatic heterocycles. The highest BCUT2D eigenvalue weighted by atomic mass is 14.7. The first-order valence-corrected chi connectivity index (χ1v) is 5.97. The van der Waals surface area contributed by atoms with Crippen molar-refractivity contribution < 1.29 is 0 Å². The Morgan fingerprint density at radius 1 is 1.00 bits per heavy atom. The largest absolute Gasteiger partial charge is 0.330 e. The lowest BCUT2D eigenvalue weighted by atomic mass is 9.86. The molecule has 86 valence electrons. The number of hydrogen-bond donors (Lipinski definition) is 2. The second kappa shape index (κ2) is 7.24. The summed E-state index contributed by atoms with van der Waals surface area (Å²) in [6, 6.07) is 0. The first kappa shape index (κ1) is 13.9. The molecule has 4 N–H and O–H groups in total. The van der Waals surface area contributed by atoms with Gasteiger partial charge in [-0.2, -0.15) is 0 Å².